The molecule has 11 nitrogen and oxygen atoms in total. The predicted octanol–water partition coefficient (Wildman–Crippen LogP) is 3.48. The summed E-state index contributed by atoms with van der Waals surface area (Å²) in [5.74, 6) is -0.590. The van der Waals surface area contributed by atoms with E-state index < -0.39 is 11.9 Å². The maximum atomic E-state index is 12.9. The summed E-state index contributed by atoms with van der Waals surface area (Å²) >= 11 is 2.14. The summed E-state index contributed by atoms with van der Waals surface area (Å²) in [6.07, 6.45) is 3.13. The van der Waals surface area contributed by atoms with Crippen molar-refractivity contribution < 1.29 is 28.3 Å². The Morgan fingerprint density at radius 3 is 2.81 bits per heavy atom. The molecule has 3 aromatic heterocycles. The van der Waals surface area contributed by atoms with Gasteiger partial charge in [-0.1, -0.05) is 11.8 Å². The van der Waals surface area contributed by atoms with Crippen molar-refractivity contribution in [1.82, 2.24) is 14.8 Å². The van der Waals surface area contributed by atoms with Crippen molar-refractivity contribution in [2.45, 2.75) is 57.5 Å². The zero-order valence-corrected chi connectivity index (χ0v) is 21.7. The van der Waals surface area contributed by atoms with Crippen LogP contribution in [0.4, 0.5) is 5.00 Å². The zero-order valence-electron chi connectivity index (χ0n) is 20.1. The molecular weight excluding hydrogens is 506 g/mol. The Balaban J connectivity index is 1.51. The predicted molar refractivity (Wildman–Crippen MR) is 134 cm³/mol. The highest BCUT2D eigenvalue weighted by Crippen LogP contribution is 2.34. The van der Waals surface area contributed by atoms with Crippen LogP contribution in [0.5, 0.6) is 0 Å². The van der Waals surface area contributed by atoms with E-state index in [-0.39, 0.29) is 39.3 Å². The van der Waals surface area contributed by atoms with Gasteiger partial charge in [0.25, 0.3) is 5.91 Å². The lowest BCUT2D eigenvalue weighted by Gasteiger charge is -2.14. The van der Waals surface area contributed by atoms with Crippen LogP contribution < -0.4 is 11.1 Å². The van der Waals surface area contributed by atoms with Crippen molar-refractivity contribution in [3.63, 3.8) is 0 Å². The summed E-state index contributed by atoms with van der Waals surface area (Å²) in [5, 5.41) is 12.0. The van der Waals surface area contributed by atoms with E-state index in [0.29, 0.717) is 35.5 Å². The minimum atomic E-state index is -0.682. The van der Waals surface area contributed by atoms with Crippen LogP contribution in [0.1, 0.15) is 52.3 Å². The van der Waals surface area contributed by atoms with E-state index in [9.17, 15) is 14.4 Å². The number of thioether (sulfide) groups is 1. The lowest BCUT2D eigenvalue weighted by atomic mass is 10.1. The van der Waals surface area contributed by atoms with Crippen molar-refractivity contribution in [3.05, 3.63) is 34.4 Å². The number of amides is 2. The van der Waals surface area contributed by atoms with Gasteiger partial charge in [0.15, 0.2) is 10.9 Å². The van der Waals surface area contributed by atoms with E-state index in [4.69, 9.17) is 19.6 Å². The lowest BCUT2D eigenvalue weighted by molar-refractivity contribution is -0.113. The largest absolute Gasteiger partial charge is 0.461 e. The molecule has 1 fully saturated rings. The molecule has 3 aromatic rings. The summed E-state index contributed by atoms with van der Waals surface area (Å²) in [6, 6.07) is 3.57. The number of hydrogen-bond donors (Lipinski definition) is 2. The molecular formula is C23H27N5O6S2. The Morgan fingerprint density at radius 2 is 2.17 bits per heavy atom. The number of nitrogens with zero attached hydrogens (tertiary/aromatic N) is 3. The maximum absolute atomic E-state index is 12.9. The molecule has 1 unspecified atom stereocenters. The Labute approximate surface area is 215 Å². The highest BCUT2D eigenvalue weighted by Gasteiger charge is 2.27. The number of hydrogen-bond acceptors (Lipinski definition) is 10. The Bertz CT molecular complexity index is 1240. The van der Waals surface area contributed by atoms with Crippen LogP contribution in [0.25, 0.3) is 11.6 Å². The van der Waals surface area contributed by atoms with Crippen molar-refractivity contribution in [3.8, 4) is 11.6 Å². The van der Waals surface area contributed by atoms with E-state index >= 15 is 0 Å². The summed E-state index contributed by atoms with van der Waals surface area (Å²) < 4.78 is 18.5. The van der Waals surface area contributed by atoms with E-state index in [2.05, 4.69) is 15.5 Å². The van der Waals surface area contributed by atoms with Crippen molar-refractivity contribution >= 4 is 45.9 Å². The SMILES string of the molecule is Cc1c(C(N)=O)sc(NC(=O)CSc2nnc(-c3ccco3)n2CC2CCCO2)c1C(=O)OC(C)C. The molecule has 0 saturated carbocycles. The molecule has 4 rings (SSSR count). The molecule has 1 aliphatic heterocycles. The topological polar surface area (TPSA) is 152 Å². The summed E-state index contributed by atoms with van der Waals surface area (Å²) in [5.41, 5.74) is 5.96. The number of aromatic nitrogens is 3. The smallest absolute Gasteiger partial charge is 0.341 e. The fraction of sp³-hybridized carbons (Fsp3) is 0.435. The molecule has 0 bridgehead atoms. The van der Waals surface area contributed by atoms with Gasteiger partial charge in [-0.3, -0.25) is 14.2 Å². The second-order valence-corrected chi connectivity index (χ2v) is 10.4. The first-order chi connectivity index (χ1) is 17.2. The number of carbonyl (C=O) groups excluding carboxylic acids is 3. The molecule has 1 atom stereocenters. The number of primary amides is 1. The Hall–Kier alpha value is -3.16. The van der Waals surface area contributed by atoms with Crippen molar-refractivity contribution in [1.29, 1.82) is 0 Å². The van der Waals surface area contributed by atoms with Crippen LogP contribution in [0.15, 0.2) is 28.0 Å². The number of thiophene rings is 1. The van der Waals surface area contributed by atoms with Gasteiger partial charge in [0.05, 0.1) is 41.2 Å². The van der Waals surface area contributed by atoms with Gasteiger partial charge in [-0.05, 0) is 51.3 Å². The molecule has 0 aliphatic carbocycles. The molecule has 0 spiro atoms. The standard InChI is InChI=1S/C23H27N5O6S2/c1-12(2)34-22(31)17-13(3)18(19(24)30)36-21(17)25-16(29)11-35-23-27-26-20(15-7-5-9-33-15)28(23)10-14-6-4-8-32-14/h5,7,9,12,14H,4,6,8,10-11H2,1-3H3,(H2,24,30)(H,25,29). The molecule has 0 aromatic carbocycles. The number of nitrogens with two attached hydrogens (primary N) is 1. The van der Waals surface area contributed by atoms with Crippen LogP contribution in [0.2, 0.25) is 0 Å². The van der Waals surface area contributed by atoms with E-state index in [0.717, 1.165) is 24.2 Å². The number of carbonyl (C=O) groups is 3. The van der Waals surface area contributed by atoms with Gasteiger partial charge in [-0.25, -0.2) is 4.79 Å². The number of furan rings is 1. The minimum Gasteiger partial charge on any atom is -0.461 e. The molecule has 2 amide bonds. The fourth-order valence-corrected chi connectivity index (χ4v) is 5.60. The van der Waals surface area contributed by atoms with E-state index in [1.165, 1.54) is 11.8 Å². The fourth-order valence-electron chi connectivity index (χ4n) is 3.79. The van der Waals surface area contributed by atoms with Crippen LogP contribution in [-0.2, 0) is 20.8 Å². The number of esters is 1. The van der Waals surface area contributed by atoms with Crippen LogP contribution >= 0.6 is 23.1 Å². The highest BCUT2D eigenvalue weighted by molar-refractivity contribution is 7.99. The van der Waals surface area contributed by atoms with Gasteiger partial charge >= 0.3 is 5.97 Å². The van der Waals surface area contributed by atoms with Crippen LogP contribution in [-0.4, -0.2) is 57.1 Å². The quantitative estimate of drug-likeness (QED) is 0.295. The first-order valence-corrected chi connectivity index (χ1v) is 13.2. The summed E-state index contributed by atoms with van der Waals surface area (Å²) in [6.45, 7) is 6.27. The monoisotopic (exact) mass is 533 g/mol. The van der Waals surface area contributed by atoms with Gasteiger partial charge in [0.1, 0.15) is 5.00 Å². The number of nitrogens with one attached hydrogen (secondary N) is 1. The maximum Gasteiger partial charge on any atom is 0.341 e. The molecule has 13 heteroatoms. The van der Waals surface area contributed by atoms with Crippen molar-refractivity contribution in [2.75, 3.05) is 17.7 Å². The van der Waals surface area contributed by atoms with E-state index in [1.54, 1.807) is 39.2 Å². The molecule has 192 valence electrons. The summed E-state index contributed by atoms with van der Waals surface area (Å²) in [4.78, 5) is 37.5. The second-order valence-electron chi connectivity index (χ2n) is 8.44. The van der Waals surface area contributed by atoms with Crippen LogP contribution in [0, 0.1) is 6.92 Å². The zero-order chi connectivity index (χ0) is 25.8. The average molecular weight is 534 g/mol. The second kappa shape index (κ2) is 11.3. The summed E-state index contributed by atoms with van der Waals surface area (Å²) in [7, 11) is 0. The lowest BCUT2D eigenvalue weighted by Crippen LogP contribution is -2.19. The molecule has 1 saturated heterocycles. The van der Waals surface area contributed by atoms with Gasteiger partial charge < -0.3 is 24.9 Å². The number of rotatable bonds is 10. The third-order valence-corrected chi connectivity index (χ3v) is 7.56. The Morgan fingerprint density at radius 1 is 1.36 bits per heavy atom. The van der Waals surface area contributed by atoms with Gasteiger partial charge in [0, 0.05) is 6.61 Å². The normalized spacial score (nSPS) is 15.4. The van der Waals surface area contributed by atoms with Gasteiger partial charge in [-0.15, -0.1) is 21.5 Å². The molecule has 36 heavy (non-hydrogen) atoms. The Kier molecular flexibility index (Phi) is 8.11. The first kappa shape index (κ1) is 25.9. The molecule has 3 N–H and O–H groups in total. The average Bonchev–Trinajstić information content (AvgIpc) is 3.60. The third-order valence-electron chi connectivity index (χ3n) is 5.37. The molecule has 1 aliphatic rings. The van der Waals surface area contributed by atoms with E-state index in [1.807, 2.05) is 4.57 Å². The minimum absolute atomic E-state index is 0.0106. The molecule has 0 radical (unpaired) electrons. The number of ether oxygens (including phenoxy) is 2. The van der Waals surface area contributed by atoms with Gasteiger partial charge in [-0.2, -0.15) is 0 Å². The third kappa shape index (κ3) is 5.79. The highest BCUT2D eigenvalue weighted by atomic mass is 32.2. The van der Waals surface area contributed by atoms with Gasteiger partial charge in [0.2, 0.25) is 11.7 Å². The number of anilines is 1. The van der Waals surface area contributed by atoms with Crippen LogP contribution in [0.3, 0.4) is 0 Å². The van der Waals surface area contributed by atoms with Crippen molar-refractivity contribution in [2.24, 2.45) is 5.73 Å². The first-order valence-electron chi connectivity index (χ1n) is 11.4. The molecule has 4 heterocycles.